The van der Waals surface area contributed by atoms with Gasteiger partial charge in [-0.3, -0.25) is 10.1 Å². The van der Waals surface area contributed by atoms with Gasteiger partial charge in [0.1, 0.15) is 0 Å². The molecule has 0 radical (unpaired) electrons. The third kappa shape index (κ3) is 3.35. The highest BCUT2D eigenvalue weighted by molar-refractivity contribution is 5.54. The molecule has 0 aromatic heterocycles. The topological polar surface area (TPSA) is 55.2 Å². The summed E-state index contributed by atoms with van der Waals surface area (Å²) >= 11 is 0. The fraction of sp³-hybridized carbons (Fsp3) is 0.250. The first-order valence-corrected chi connectivity index (χ1v) is 6.67. The third-order valence-corrected chi connectivity index (χ3v) is 3.26. The molecule has 2 aromatic rings. The maximum absolute atomic E-state index is 10.9. The fourth-order valence-electron chi connectivity index (χ4n) is 2.24. The van der Waals surface area contributed by atoms with Crippen molar-refractivity contribution in [2.24, 2.45) is 0 Å². The van der Waals surface area contributed by atoms with Crippen molar-refractivity contribution in [1.82, 2.24) is 0 Å². The van der Waals surface area contributed by atoms with Gasteiger partial charge in [-0.15, -0.1) is 0 Å². The van der Waals surface area contributed by atoms with Crippen LogP contribution in [0.5, 0.6) is 0 Å². The Balaban J connectivity index is 2.16. The molecule has 0 bridgehead atoms. The van der Waals surface area contributed by atoms with Gasteiger partial charge < -0.3 is 5.32 Å². The normalized spacial score (nSPS) is 10.3. The van der Waals surface area contributed by atoms with Crippen molar-refractivity contribution in [2.75, 3.05) is 5.32 Å². The van der Waals surface area contributed by atoms with Crippen molar-refractivity contribution in [2.45, 2.75) is 26.8 Å². The minimum absolute atomic E-state index is 0.122. The average molecular weight is 270 g/mol. The lowest BCUT2D eigenvalue weighted by atomic mass is 10.1. The van der Waals surface area contributed by atoms with Gasteiger partial charge in [-0.2, -0.15) is 0 Å². The molecule has 4 nitrogen and oxygen atoms in total. The van der Waals surface area contributed by atoms with Gasteiger partial charge in [0.25, 0.3) is 5.69 Å². The maximum atomic E-state index is 10.9. The number of aryl methyl sites for hydroxylation is 2. The maximum Gasteiger partial charge on any atom is 0.271 e. The van der Waals surface area contributed by atoms with Gasteiger partial charge in [0.05, 0.1) is 4.92 Å². The average Bonchev–Trinajstić information content (AvgIpc) is 2.44. The van der Waals surface area contributed by atoms with Gasteiger partial charge in [-0.25, -0.2) is 0 Å². The van der Waals surface area contributed by atoms with E-state index in [1.165, 1.54) is 11.1 Å². The standard InChI is InChI=1S/C16H18N2O2/c1-3-13-6-4-5-7-14(13)11-17-15-8-12(2)9-16(10-15)18(19)20/h4-10,17H,3,11H2,1-2H3. The predicted octanol–water partition coefficient (Wildman–Crippen LogP) is 4.08. The molecule has 0 spiro atoms. The SMILES string of the molecule is CCc1ccccc1CNc1cc(C)cc([N+](=O)[O-])c1. The third-order valence-electron chi connectivity index (χ3n) is 3.26. The molecular weight excluding hydrogens is 252 g/mol. The Morgan fingerprint density at radius 1 is 1.15 bits per heavy atom. The van der Waals surface area contributed by atoms with E-state index in [4.69, 9.17) is 0 Å². The second-order valence-electron chi connectivity index (χ2n) is 4.79. The smallest absolute Gasteiger partial charge is 0.271 e. The van der Waals surface area contributed by atoms with Gasteiger partial charge in [0, 0.05) is 24.4 Å². The number of nitro groups is 1. The molecule has 0 saturated heterocycles. The molecule has 0 aliphatic carbocycles. The van der Waals surface area contributed by atoms with Crippen molar-refractivity contribution in [3.05, 3.63) is 69.3 Å². The second kappa shape index (κ2) is 6.19. The number of non-ortho nitro benzene ring substituents is 1. The molecule has 0 atom stereocenters. The Kier molecular flexibility index (Phi) is 4.35. The van der Waals surface area contributed by atoms with E-state index in [9.17, 15) is 10.1 Å². The number of nitrogens with one attached hydrogen (secondary N) is 1. The van der Waals surface area contributed by atoms with Crippen LogP contribution in [-0.4, -0.2) is 4.92 Å². The van der Waals surface area contributed by atoms with Crippen molar-refractivity contribution >= 4 is 11.4 Å². The number of nitro benzene ring substituents is 1. The van der Waals surface area contributed by atoms with Crippen LogP contribution in [-0.2, 0) is 13.0 Å². The molecule has 0 unspecified atom stereocenters. The van der Waals surface area contributed by atoms with Crippen LogP contribution in [0.25, 0.3) is 0 Å². The molecule has 0 aliphatic rings. The number of benzene rings is 2. The first kappa shape index (κ1) is 14.1. The van der Waals surface area contributed by atoms with Gasteiger partial charge in [0.2, 0.25) is 0 Å². The van der Waals surface area contributed by atoms with Gasteiger partial charge in [-0.1, -0.05) is 31.2 Å². The molecule has 0 heterocycles. The molecule has 2 rings (SSSR count). The summed E-state index contributed by atoms with van der Waals surface area (Å²) in [6.07, 6.45) is 0.978. The summed E-state index contributed by atoms with van der Waals surface area (Å²) in [5.41, 5.74) is 4.30. The van der Waals surface area contributed by atoms with Crippen molar-refractivity contribution in [3.63, 3.8) is 0 Å². The van der Waals surface area contributed by atoms with Crippen LogP contribution in [0.4, 0.5) is 11.4 Å². The first-order chi connectivity index (χ1) is 9.60. The highest BCUT2D eigenvalue weighted by atomic mass is 16.6. The Bertz CT molecular complexity index is 624. The molecule has 0 aliphatic heterocycles. The van der Waals surface area contributed by atoms with Crippen LogP contribution in [0.1, 0.15) is 23.6 Å². The zero-order valence-corrected chi connectivity index (χ0v) is 11.7. The van der Waals surface area contributed by atoms with Crippen LogP contribution in [0.3, 0.4) is 0 Å². The van der Waals surface area contributed by atoms with Crippen LogP contribution < -0.4 is 5.32 Å². The largest absolute Gasteiger partial charge is 0.381 e. The first-order valence-electron chi connectivity index (χ1n) is 6.67. The Hall–Kier alpha value is -2.36. The minimum Gasteiger partial charge on any atom is -0.381 e. The molecule has 4 heteroatoms. The van der Waals surface area contributed by atoms with Crippen LogP contribution in [0, 0.1) is 17.0 Å². The molecule has 104 valence electrons. The zero-order valence-electron chi connectivity index (χ0n) is 11.7. The number of hydrogen-bond acceptors (Lipinski definition) is 3. The predicted molar refractivity (Wildman–Crippen MR) is 81.0 cm³/mol. The summed E-state index contributed by atoms with van der Waals surface area (Å²) in [6, 6.07) is 13.3. The molecule has 0 amide bonds. The fourth-order valence-corrected chi connectivity index (χ4v) is 2.24. The van der Waals surface area contributed by atoms with Gasteiger partial charge in [-0.05, 0) is 36.1 Å². The molecular formula is C16H18N2O2. The van der Waals surface area contributed by atoms with E-state index in [2.05, 4.69) is 24.4 Å². The van der Waals surface area contributed by atoms with E-state index in [1.54, 1.807) is 12.1 Å². The number of rotatable bonds is 5. The van der Waals surface area contributed by atoms with E-state index in [0.717, 1.165) is 17.7 Å². The van der Waals surface area contributed by atoms with Gasteiger partial charge in [0.15, 0.2) is 0 Å². The van der Waals surface area contributed by atoms with Crippen LogP contribution in [0.2, 0.25) is 0 Å². The lowest BCUT2D eigenvalue weighted by Crippen LogP contribution is -2.03. The van der Waals surface area contributed by atoms with E-state index in [1.807, 2.05) is 25.1 Å². The highest BCUT2D eigenvalue weighted by Gasteiger charge is 2.08. The van der Waals surface area contributed by atoms with Crippen molar-refractivity contribution in [3.8, 4) is 0 Å². The minimum atomic E-state index is -0.363. The number of anilines is 1. The molecule has 20 heavy (non-hydrogen) atoms. The van der Waals surface area contributed by atoms with Crippen LogP contribution >= 0.6 is 0 Å². The summed E-state index contributed by atoms with van der Waals surface area (Å²) < 4.78 is 0. The van der Waals surface area contributed by atoms with E-state index >= 15 is 0 Å². The van der Waals surface area contributed by atoms with E-state index in [0.29, 0.717) is 6.54 Å². The van der Waals surface area contributed by atoms with Crippen molar-refractivity contribution < 1.29 is 4.92 Å². The number of hydrogen-bond donors (Lipinski definition) is 1. The molecule has 2 aromatic carbocycles. The summed E-state index contributed by atoms with van der Waals surface area (Å²) in [7, 11) is 0. The Labute approximate surface area is 118 Å². The van der Waals surface area contributed by atoms with Gasteiger partial charge >= 0.3 is 0 Å². The lowest BCUT2D eigenvalue weighted by molar-refractivity contribution is -0.384. The number of nitrogens with zero attached hydrogens (tertiary/aromatic N) is 1. The highest BCUT2D eigenvalue weighted by Crippen LogP contribution is 2.21. The van der Waals surface area contributed by atoms with Crippen LogP contribution in [0.15, 0.2) is 42.5 Å². The Morgan fingerprint density at radius 3 is 2.50 bits per heavy atom. The summed E-state index contributed by atoms with van der Waals surface area (Å²) in [5, 5.41) is 14.1. The zero-order chi connectivity index (χ0) is 14.5. The summed E-state index contributed by atoms with van der Waals surface area (Å²) in [5.74, 6) is 0. The molecule has 1 N–H and O–H groups in total. The quantitative estimate of drug-likeness (QED) is 0.658. The van der Waals surface area contributed by atoms with Crippen molar-refractivity contribution in [1.29, 1.82) is 0 Å². The Morgan fingerprint density at radius 2 is 1.85 bits per heavy atom. The van der Waals surface area contributed by atoms with E-state index < -0.39 is 0 Å². The monoisotopic (exact) mass is 270 g/mol. The molecule has 0 fully saturated rings. The van der Waals surface area contributed by atoms with E-state index in [-0.39, 0.29) is 10.6 Å². The lowest BCUT2D eigenvalue weighted by Gasteiger charge is -2.10. The summed E-state index contributed by atoms with van der Waals surface area (Å²) in [4.78, 5) is 10.5. The molecule has 0 saturated carbocycles. The second-order valence-corrected chi connectivity index (χ2v) is 4.79. The summed E-state index contributed by atoms with van der Waals surface area (Å²) in [6.45, 7) is 4.65.